The normalized spacial score (nSPS) is 22.4. The second-order valence-corrected chi connectivity index (χ2v) is 7.98. The molecule has 1 unspecified atom stereocenters. The minimum absolute atomic E-state index is 0.0892. The molecule has 4 rings (SSSR count). The molecule has 1 aliphatic heterocycles. The molecule has 164 valence electrons. The molecule has 2 aromatic rings. The molecule has 0 aromatic heterocycles. The van der Waals surface area contributed by atoms with Crippen molar-refractivity contribution in [1.82, 2.24) is 0 Å². The zero-order valence-electron chi connectivity index (χ0n) is 18.3. The number of esters is 2. The highest BCUT2D eigenvalue weighted by atomic mass is 16.5. The summed E-state index contributed by atoms with van der Waals surface area (Å²) < 4.78 is 9.88. The SMILES string of the molecule is COC(=O)C1=C(C(=O)OC)C([C@@H]2C(=O)N(c3ccc(C)cc3)[C@H]2c2ccccc2)CC=C1. The average molecular weight is 431 g/mol. The molecule has 32 heavy (non-hydrogen) atoms. The lowest BCUT2D eigenvalue weighted by atomic mass is 9.68. The minimum atomic E-state index is -0.621. The number of benzene rings is 2. The van der Waals surface area contributed by atoms with Crippen molar-refractivity contribution in [3.05, 3.63) is 89.0 Å². The first-order valence-electron chi connectivity index (χ1n) is 10.5. The second-order valence-electron chi connectivity index (χ2n) is 7.98. The molecule has 1 saturated heterocycles. The molecule has 0 bridgehead atoms. The van der Waals surface area contributed by atoms with Gasteiger partial charge in [0, 0.05) is 11.6 Å². The predicted octanol–water partition coefficient (Wildman–Crippen LogP) is 3.92. The molecule has 0 radical (unpaired) electrons. The van der Waals surface area contributed by atoms with Crippen LogP contribution in [-0.4, -0.2) is 32.1 Å². The number of hydrogen-bond acceptors (Lipinski definition) is 5. The van der Waals surface area contributed by atoms with Gasteiger partial charge in [0.2, 0.25) is 5.91 Å². The molecular weight excluding hydrogens is 406 g/mol. The summed E-state index contributed by atoms with van der Waals surface area (Å²) in [7, 11) is 2.54. The van der Waals surface area contributed by atoms with Gasteiger partial charge in [-0.25, -0.2) is 9.59 Å². The summed E-state index contributed by atoms with van der Waals surface area (Å²) in [5.41, 5.74) is 3.21. The third kappa shape index (κ3) is 3.62. The molecule has 3 atom stereocenters. The number of rotatable bonds is 5. The predicted molar refractivity (Wildman–Crippen MR) is 120 cm³/mol. The van der Waals surface area contributed by atoms with Gasteiger partial charge in [0.15, 0.2) is 0 Å². The Morgan fingerprint density at radius 1 is 0.938 bits per heavy atom. The highest BCUT2D eigenvalue weighted by molar-refractivity contribution is 6.07. The Kier molecular flexibility index (Phi) is 5.95. The van der Waals surface area contributed by atoms with E-state index in [1.807, 2.05) is 67.6 Å². The van der Waals surface area contributed by atoms with E-state index >= 15 is 0 Å². The third-order valence-corrected chi connectivity index (χ3v) is 6.17. The monoisotopic (exact) mass is 431 g/mol. The first-order valence-corrected chi connectivity index (χ1v) is 10.5. The Balaban J connectivity index is 1.80. The number of ether oxygens (including phenoxy) is 2. The summed E-state index contributed by atoms with van der Waals surface area (Å²) in [5.74, 6) is -2.34. The number of hydrogen-bond donors (Lipinski definition) is 0. The van der Waals surface area contributed by atoms with Gasteiger partial charge in [0.1, 0.15) is 0 Å². The first kappa shape index (κ1) is 21.6. The van der Waals surface area contributed by atoms with Gasteiger partial charge in [-0.1, -0.05) is 60.2 Å². The van der Waals surface area contributed by atoms with E-state index < -0.39 is 23.8 Å². The Morgan fingerprint density at radius 3 is 2.22 bits per heavy atom. The highest BCUT2D eigenvalue weighted by Crippen LogP contribution is 2.51. The van der Waals surface area contributed by atoms with Crippen LogP contribution in [0.2, 0.25) is 0 Å². The lowest BCUT2D eigenvalue weighted by Crippen LogP contribution is -2.58. The maximum absolute atomic E-state index is 13.5. The van der Waals surface area contributed by atoms with Crippen LogP contribution in [0.15, 0.2) is 77.9 Å². The number of methoxy groups -OCH3 is 2. The van der Waals surface area contributed by atoms with E-state index in [4.69, 9.17) is 9.47 Å². The Morgan fingerprint density at radius 2 is 1.59 bits per heavy atom. The number of anilines is 1. The van der Waals surface area contributed by atoms with Crippen molar-refractivity contribution in [3.8, 4) is 0 Å². The van der Waals surface area contributed by atoms with Crippen molar-refractivity contribution in [3.63, 3.8) is 0 Å². The second kappa shape index (κ2) is 8.83. The van der Waals surface area contributed by atoms with E-state index in [9.17, 15) is 14.4 Å². The van der Waals surface area contributed by atoms with E-state index in [0.29, 0.717) is 6.42 Å². The van der Waals surface area contributed by atoms with Crippen LogP contribution in [0.1, 0.15) is 23.6 Å². The molecule has 2 aromatic carbocycles. The van der Waals surface area contributed by atoms with Gasteiger partial charge < -0.3 is 14.4 Å². The summed E-state index contributed by atoms with van der Waals surface area (Å²) in [6, 6.07) is 17.3. The Hall–Kier alpha value is -3.67. The van der Waals surface area contributed by atoms with Crippen LogP contribution in [0, 0.1) is 18.8 Å². The molecule has 0 spiro atoms. The molecule has 0 N–H and O–H groups in total. The van der Waals surface area contributed by atoms with Crippen LogP contribution in [0.5, 0.6) is 0 Å². The number of aryl methyl sites for hydroxylation is 1. The lowest BCUT2D eigenvalue weighted by molar-refractivity contribution is -0.141. The molecule has 6 nitrogen and oxygen atoms in total. The molecule has 1 fully saturated rings. The number of allylic oxidation sites excluding steroid dienone is 1. The molecular formula is C26H25NO5. The van der Waals surface area contributed by atoms with Gasteiger partial charge in [0.05, 0.1) is 37.3 Å². The van der Waals surface area contributed by atoms with Gasteiger partial charge in [-0.05, 0) is 31.0 Å². The maximum Gasteiger partial charge on any atom is 0.338 e. The molecule has 1 heterocycles. The summed E-state index contributed by atoms with van der Waals surface area (Å²) in [6.45, 7) is 2.00. The highest BCUT2D eigenvalue weighted by Gasteiger charge is 2.54. The van der Waals surface area contributed by atoms with Crippen molar-refractivity contribution in [2.24, 2.45) is 11.8 Å². The van der Waals surface area contributed by atoms with Crippen molar-refractivity contribution in [1.29, 1.82) is 0 Å². The van der Waals surface area contributed by atoms with Crippen LogP contribution < -0.4 is 4.90 Å². The van der Waals surface area contributed by atoms with E-state index in [1.54, 1.807) is 11.0 Å². The van der Waals surface area contributed by atoms with E-state index in [2.05, 4.69) is 0 Å². The zero-order chi connectivity index (χ0) is 22.8. The summed E-state index contributed by atoms with van der Waals surface area (Å²) >= 11 is 0. The van der Waals surface area contributed by atoms with E-state index in [0.717, 1.165) is 16.8 Å². The fraction of sp³-hybridized carbons (Fsp3) is 0.269. The smallest absolute Gasteiger partial charge is 0.338 e. The molecule has 1 aliphatic carbocycles. The van der Waals surface area contributed by atoms with Crippen LogP contribution in [0.4, 0.5) is 5.69 Å². The van der Waals surface area contributed by atoms with Crippen molar-refractivity contribution < 1.29 is 23.9 Å². The lowest BCUT2D eigenvalue weighted by Gasteiger charge is -2.51. The van der Waals surface area contributed by atoms with E-state index in [-0.39, 0.29) is 23.1 Å². The molecule has 6 heteroatoms. The van der Waals surface area contributed by atoms with Gasteiger partial charge in [0.25, 0.3) is 0 Å². The van der Waals surface area contributed by atoms with Crippen LogP contribution >= 0.6 is 0 Å². The topological polar surface area (TPSA) is 72.9 Å². The fourth-order valence-corrected chi connectivity index (χ4v) is 4.63. The van der Waals surface area contributed by atoms with Crippen LogP contribution in [0.25, 0.3) is 0 Å². The van der Waals surface area contributed by atoms with Gasteiger partial charge in [-0.3, -0.25) is 4.79 Å². The summed E-state index contributed by atoms with van der Waals surface area (Å²) in [5, 5.41) is 0. The first-order chi connectivity index (χ1) is 15.5. The van der Waals surface area contributed by atoms with Gasteiger partial charge in [-0.15, -0.1) is 0 Å². The van der Waals surface area contributed by atoms with Crippen LogP contribution in [0.3, 0.4) is 0 Å². The Labute approximate surface area is 187 Å². The zero-order valence-corrected chi connectivity index (χ0v) is 18.3. The number of β-lactam (4-membered cyclic amide) rings is 1. The Bertz CT molecular complexity index is 1100. The van der Waals surface area contributed by atoms with Gasteiger partial charge in [-0.2, -0.15) is 0 Å². The van der Waals surface area contributed by atoms with Gasteiger partial charge >= 0.3 is 11.9 Å². The third-order valence-electron chi connectivity index (χ3n) is 6.17. The summed E-state index contributed by atoms with van der Waals surface area (Å²) in [4.78, 5) is 40.4. The molecule has 0 saturated carbocycles. The maximum atomic E-state index is 13.5. The number of nitrogens with zero attached hydrogens (tertiary/aromatic N) is 1. The van der Waals surface area contributed by atoms with Crippen molar-refractivity contribution >= 4 is 23.5 Å². The summed E-state index contributed by atoms with van der Waals surface area (Å²) in [6.07, 6.45) is 3.84. The quantitative estimate of drug-likeness (QED) is 0.530. The standard InChI is InChI=1S/C26H25NO5/c1-16-12-14-18(15-13-16)27-23(17-8-5-4-6-9-17)22(24(27)28)19-10-7-11-20(25(29)31-2)21(19)26(30)32-3/h4-9,11-15,19,22-23H,10H2,1-3H3/t19?,22-,23-/m0/s1. The van der Waals surface area contributed by atoms with E-state index in [1.165, 1.54) is 14.2 Å². The van der Waals surface area contributed by atoms with Crippen molar-refractivity contribution in [2.75, 3.05) is 19.1 Å². The largest absolute Gasteiger partial charge is 0.466 e. The number of carbonyl (C=O) groups excluding carboxylic acids is 3. The number of carbonyl (C=O) groups is 3. The van der Waals surface area contributed by atoms with Crippen LogP contribution in [-0.2, 0) is 23.9 Å². The minimum Gasteiger partial charge on any atom is -0.466 e. The van der Waals surface area contributed by atoms with Crippen molar-refractivity contribution in [2.45, 2.75) is 19.4 Å². The number of amides is 1. The molecule has 2 aliphatic rings. The fourth-order valence-electron chi connectivity index (χ4n) is 4.63. The average Bonchev–Trinajstić information content (AvgIpc) is 2.83. The molecule has 1 amide bonds.